The number of ketones is 1. The lowest BCUT2D eigenvalue weighted by molar-refractivity contribution is -0.387. The molecule has 1 unspecified atom stereocenters. The molecule has 3 N–H and O–H groups in total. The number of hydrogen-bond acceptors (Lipinski definition) is 9. The third-order valence-electron chi connectivity index (χ3n) is 3.49. The SMILES string of the molecule is CCOC(=O)CNCC(=O)C(N)CN(C)S(=O)(=O)c1ccccc1[N+](=O)[O-]. The predicted molar refractivity (Wildman–Crippen MR) is 95.4 cm³/mol. The van der Waals surface area contributed by atoms with E-state index < -0.39 is 43.3 Å². The number of esters is 1. The lowest BCUT2D eigenvalue weighted by atomic mass is 10.2. The van der Waals surface area contributed by atoms with Crippen LogP contribution in [0.5, 0.6) is 0 Å². The molecule has 1 aromatic rings. The lowest BCUT2D eigenvalue weighted by Gasteiger charge is -2.20. The number of nitro groups is 1. The van der Waals surface area contributed by atoms with E-state index in [-0.39, 0.29) is 26.2 Å². The number of carbonyl (C=O) groups excluding carboxylic acids is 2. The summed E-state index contributed by atoms with van der Waals surface area (Å²) >= 11 is 0. The average molecular weight is 402 g/mol. The van der Waals surface area contributed by atoms with Gasteiger partial charge in [-0.05, 0) is 13.0 Å². The Bertz CT molecular complexity index is 797. The number of ether oxygens (including phenoxy) is 1. The van der Waals surface area contributed by atoms with Crippen molar-refractivity contribution in [1.29, 1.82) is 0 Å². The molecule has 0 heterocycles. The standard InChI is InChI=1S/C15H22N4O7S/c1-3-26-15(21)9-17-8-13(20)11(16)10-18(2)27(24,25)14-7-5-4-6-12(14)19(22)23/h4-7,11,17H,3,8-10,16H2,1-2H3. The van der Waals surface area contributed by atoms with E-state index in [4.69, 9.17) is 5.73 Å². The summed E-state index contributed by atoms with van der Waals surface area (Å²) in [7, 11) is -3.05. The molecule has 0 amide bonds. The van der Waals surface area contributed by atoms with Crippen molar-refractivity contribution < 1.29 is 27.7 Å². The summed E-state index contributed by atoms with van der Waals surface area (Å²) in [5.41, 5.74) is 5.15. The molecule has 0 spiro atoms. The number of nitro benzene ring substituents is 1. The molecule has 1 atom stereocenters. The highest BCUT2D eigenvalue weighted by Gasteiger charge is 2.31. The van der Waals surface area contributed by atoms with Gasteiger partial charge < -0.3 is 15.8 Å². The molecule has 1 aromatic carbocycles. The zero-order chi connectivity index (χ0) is 20.6. The van der Waals surface area contributed by atoms with Gasteiger partial charge in [0.05, 0.1) is 30.7 Å². The zero-order valence-electron chi connectivity index (χ0n) is 15.0. The van der Waals surface area contributed by atoms with Crippen LogP contribution in [0, 0.1) is 10.1 Å². The van der Waals surface area contributed by atoms with Crippen molar-refractivity contribution in [2.75, 3.05) is 33.3 Å². The van der Waals surface area contributed by atoms with Crippen LogP contribution in [0.3, 0.4) is 0 Å². The van der Waals surface area contributed by atoms with Crippen LogP contribution in [0.4, 0.5) is 5.69 Å². The topological polar surface area (TPSA) is 162 Å². The second-order valence-electron chi connectivity index (χ2n) is 5.49. The molecule has 0 aliphatic heterocycles. The summed E-state index contributed by atoms with van der Waals surface area (Å²) in [6.45, 7) is 1.04. The number of likely N-dealkylation sites (N-methyl/N-ethyl adjacent to an activating group) is 1. The molecule has 1 rings (SSSR count). The van der Waals surface area contributed by atoms with Gasteiger partial charge in [0.1, 0.15) is 0 Å². The number of carbonyl (C=O) groups is 2. The van der Waals surface area contributed by atoms with E-state index in [1.807, 2.05) is 0 Å². The number of Topliss-reactive ketones (excluding diaryl/α,β-unsaturated/α-hetero) is 1. The monoisotopic (exact) mass is 402 g/mol. The fraction of sp³-hybridized carbons (Fsp3) is 0.467. The van der Waals surface area contributed by atoms with Crippen molar-refractivity contribution in [2.45, 2.75) is 17.9 Å². The highest BCUT2D eigenvalue weighted by Crippen LogP contribution is 2.25. The van der Waals surface area contributed by atoms with Gasteiger partial charge >= 0.3 is 5.97 Å². The normalized spacial score (nSPS) is 12.6. The highest BCUT2D eigenvalue weighted by atomic mass is 32.2. The first-order valence-corrected chi connectivity index (χ1v) is 9.39. The van der Waals surface area contributed by atoms with Crippen molar-refractivity contribution in [1.82, 2.24) is 9.62 Å². The Kier molecular flexibility index (Phi) is 8.43. The van der Waals surface area contributed by atoms with Crippen molar-refractivity contribution >= 4 is 27.5 Å². The first kappa shape index (κ1) is 22.6. The minimum absolute atomic E-state index is 0.184. The summed E-state index contributed by atoms with van der Waals surface area (Å²) in [5.74, 6) is -1.06. The number of para-hydroxylation sites is 1. The van der Waals surface area contributed by atoms with Crippen molar-refractivity contribution in [3.05, 3.63) is 34.4 Å². The first-order chi connectivity index (χ1) is 12.6. The molecule has 0 radical (unpaired) electrons. The zero-order valence-corrected chi connectivity index (χ0v) is 15.8. The second-order valence-corrected chi connectivity index (χ2v) is 7.51. The third kappa shape index (κ3) is 6.36. The molecule has 150 valence electrons. The summed E-state index contributed by atoms with van der Waals surface area (Å²) < 4.78 is 30.6. The molecule has 12 heteroatoms. The summed E-state index contributed by atoms with van der Waals surface area (Å²) in [6, 6.07) is 3.71. The number of nitrogens with one attached hydrogen (secondary N) is 1. The van der Waals surface area contributed by atoms with Crippen molar-refractivity contribution in [3.8, 4) is 0 Å². The molecule has 0 saturated heterocycles. The van der Waals surface area contributed by atoms with Crippen LogP contribution in [-0.4, -0.2) is 68.7 Å². The van der Waals surface area contributed by atoms with Gasteiger partial charge in [0, 0.05) is 19.7 Å². The van der Waals surface area contributed by atoms with E-state index in [0.29, 0.717) is 0 Å². The van der Waals surface area contributed by atoms with Gasteiger partial charge in [-0.15, -0.1) is 0 Å². The van der Waals surface area contributed by atoms with Gasteiger partial charge in [0.2, 0.25) is 10.0 Å². The molecule has 0 saturated carbocycles. The Morgan fingerprint density at radius 3 is 2.56 bits per heavy atom. The minimum atomic E-state index is -4.22. The number of hydrogen-bond donors (Lipinski definition) is 2. The number of nitrogens with zero attached hydrogens (tertiary/aromatic N) is 2. The van der Waals surface area contributed by atoms with Gasteiger partial charge in [0.25, 0.3) is 5.69 Å². The molecule has 0 aliphatic carbocycles. The fourth-order valence-corrected chi connectivity index (χ4v) is 3.45. The Hall–Kier alpha value is -2.41. The summed E-state index contributed by atoms with van der Waals surface area (Å²) in [5, 5.41) is 13.6. The van der Waals surface area contributed by atoms with E-state index in [0.717, 1.165) is 16.4 Å². The molecule has 0 bridgehead atoms. The quantitative estimate of drug-likeness (QED) is 0.276. The summed E-state index contributed by atoms with van der Waals surface area (Å²) in [4.78, 5) is 32.9. The third-order valence-corrected chi connectivity index (χ3v) is 5.36. The van der Waals surface area contributed by atoms with Gasteiger partial charge in [-0.2, -0.15) is 4.31 Å². The summed E-state index contributed by atoms with van der Waals surface area (Å²) in [6.07, 6.45) is 0. The van der Waals surface area contributed by atoms with Gasteiger partial charge in [-0.1, -0.05) is 12.1 Å². The lowest BCUT2D eigenvalue weighted by Crippen LogP contribution is -2.47. The second kappa shape index (κ2) is 10.1. The number of rotatable bonds is 11. The Balaban J connectivity index is 2.74. The average Bonchev–Trinajstić information content (AvgIpc) is 2.61. The van der Waals surface area contributed by atoms with Crippen molar-refractivity contribution in [3.63, 3.8) is 0 Å². The maximum absolute atomic E-state index is 12.6. The maximum atomic E-state index is 12.6. The Morgan fingerprint density at radius 2 is 1.96 bits per heavy atom. The van der Waals surface area contributed by atoms with Crippen LogP contribution in [0.25, 0.3) is 0 Å². The molecule has 0 aromatic heterocycles. The maximum Gasteiger partial charge on any atom is 0.319 e. The van der Waals surface area contributed by atoms with Crippen LogP contribution >= 0.6 is 0 Å². The van der Waals surface area contributed by atoms with E-state index in [2.05, 4.69) is 10.1 Å². The Labute approximate surface area is 156 Å². The minimum Gasteiger partial charge on any atom is -0.465 e. The highest BCUT2D eigenvalue weighted by molar-refractivity contribution is 7.89. The fourth-order valence-electron chi connectivity index (χ4n) is 2.10. The smallest absolute Gasteiger partial charge is 0.319 e. The van der Waals surface area contributed by atoms with E-state index >= 15 is 0 Å². The number of nitrogens with two attached hydrogens (primary N) is 1. The van der Waals surface area contributed by atoms with Gasteiger partial charge in [-0.25, -0.2) is 8.42 Å². The van der Waals surface area contributed by atoms with Crippen LogP contribution in [0.2, 0.25) is 0 Å². The first-order valence-electron chi connectivity index (χ1n) is 7.95. The van der Waals surface area contributed by atoms with Gasteiger partial charge in [0.15, 0.2) is 10.7 Å². The van der Waals surface area contributed by atoms with Crippen LogP contribution in [0.1, 0.15) is 6.92 Å². The number of benzene rings is 1. The van der Waals surface area contributed by atoms with Crippen LogP contribution < -0.4 is 11.1 Å². The van der Waals surface area contributed by atoms with Crippen LogP contribution in [0.15, 0.2) is 29.2 Å². The number of sulfonamides is 1. The predicted octanol–water partition coefficient (Wildman–Crippen LogP) is -0.736. The molecular weight excluding hydrogens is 380 g/mol. The Morgan fingerprint density at radius 1 is 1.33 bits per heavy atom. The van der Waals surface area contributed by atoms with Crippen LogP contribution in [-0.2, 0) is 24.3 Å². The van der Waals surface area contributed by atoms with Gasteiger partial charge in [-0.3, -0.25) is 19.7 Å². The van der Waals surface area contributed by atoms with E-state index in [1.165, 1.54) is 19.2 Å². The molecule has 27 heavy (non-hydrogen) atoms. The molecule has 0 fully saturated rings. The van der Waals surface area contributed by atoms with E-state index in [9.17, 15) is 28.1 Å². The van der Waals surface area contributed by atoms with Crippen molar-refractivity contribution in [2.24, 2.45) is 5.73 Å². The van der Waals surface area contributed by atoms with E-state index in [1.54, 1.807) is 6.92 Å². The largest absolute Gasteiger partial charge is 0.465 e. The molecule has 0 aliphatic rings. The molecular formula is C15H22N4O7S. The molecule has 11 nitrogen and oxygen atoms in total.